The molecule has 0 amide bonds. The number of ketones is 1. The van der Waals surface area contributed by atoms with Crippen LogP contribution in [0, 0.1) is 0 Å². The summed E-state index contributed by atoms with van der Waals surface area (Å²) in [5, 5.41) is 3.17. The lowest BCUT2D eigenvalue weighted by molar-refractivity contribution is 0.0983. The molecule has 0 aromatic heterocycles. The van der Waals surface area contributed by atoms with E-state index < -0.39 is 0 Å². The fourth-order valence-corrected chi connectivity index (χ4v) is 2.02. The number of methoxy groups -OCH3 is 1. The first-order valence-corrected chi connectivity index (χ1v) is 5.16. The van der Waals surface area contributed by atoms with Crippen molar-refractivity contribution in [3.8, 4) is 5.75 Å². The van der Waals surface area contributed by atoms with Gasteiger partial charge in [-0.05, 0) is 12.1 Å². The van der Waals surface area contributed by atoms with Crippen molar-refractivity contribution in [2.45, 2.75) is 6.42 Å². The number of hydrogen-bond donors (Lipinski definition) is 1. The largest absolute Gasteiger partial charge is 0.495 e. The van der Waals surface area contributed by atoms with Crippen LogP contribution in [-0.4, -0.2) is 19.4 Å². The highest BCUT2D eigenvalue weighted by Crippen LogP contribution is 2.35. The number of fused-ring (bicyclic) bond motifs is 1. The fourth-order valence-electron chi connectivity index (χ4n) is 1.58. The van der Waals surface area contributed by atoms with Crippen LogP contribution in [0.4, 0.5) is 5.69 Å². The van der Waals surface area contributed by atoms with Crippen LogP contribution in [0.5, 0.6) is 5.75 Å². The number of nitrogens with one attached hydrogen (secondary N) is 1. The summed E-state index contributed by atoms with van der Waals surface area (Å²) in [5.41, 5.74) is 1.52. The van der Waals surface area contributed by atoms with E-state index in [0.717, 1.165) is 10.2 Å². The second-order valence-corrected chi connectivity index (χ2v) is 4.05. The van der Waals surface area contributed by atoms with Gasteiger partial charge in [0.05, 0.1) is 12.8 Å². The Labute approximate surface area is 90.6 Å². The van der Waals surface area contributed by atoms with E-state index in [1.807, 2.05) is 12.1 Å². The SMILES string of the molecule is COc1cc(Br)cc2c1NCCC2=O. The third-order valence-corrected chi connectivity index (χ3v) is 2.70. The minimum Gasteiger partial charge on any atom is -0.495 e. The Morgan fingerprint density at radius 2 is 2.29 bits per heavy atom. The number of benzene rings is 1. The standard InChI is InChI=1S/C10H10BrNO2/c1-14-9-5-6(11)4-7-8(13)2-3-12-10(7)9/h4-5,12H,2-3H2,1H3. The Balaban J connectivity index is 2.60. The fraction of sp³-hybridized carbons (Fsp3) is 0.300. The van der Waals surface area contributed by atoms with Gasteiger partial charge in [0.25, 0.3) is 0 Å². The predicted molar refractivity (Wildman–Crippen MR) is 58.1 cm³/mol. The van der Waals surface area contributed by atoms with Crippen LogP contribution in [0.15, 0.2) is 16.6 Å². The molecular formula is C10H10BrNO2. The van der Waals surface area contributed by atoms with Crippen LogP contribution in [0.2, 0.25) is 0 Å². The molecule has 4 heteroatoms. The van der Waals surface area contributed by atoms with Crippen LogP contribution in [0.1, 0.15) is 16.8 Å². The van der Waals surface area contributed by atoms with Gasteiger partial charge < -0.3 is 10.1 Å². The molecular weight excluding hydrogens is 246 g/mol. The van der Waals surface area contributed by atoms with Gasteiger partial charge in [0.1, 0.15) is 5.75 Å². The molecule has 1 aliphatic heterocycles. The molecule has 0 fully saturated rings. The second kappa shape index (κ2) is 3.61. The summed E-state index contributed by atoms with van der Waals surface area (Å²) in [7, 11) is 1.60. The highest BCUT2D eigenvalue weighted by Gasteiger charge is 2.20. The molecule has 2 rings (SSSR count). The van der Waals surface area contributed by atoms with Gasteiger partial charge in [-0.2, -0.15) is 0 Å². The Hall–Kier alpha value is -1.03. The number of carbonyl (C=O) groups is 1. The van der Waals surface area contributed by atoms with E-state index in [-0.39, 0.29) is 5.78 Å². The third-order valence-electron chi connectivity index (χ3n) is 2.24. The van der Waals surface area contributed by atoms with Gasteiger partial charge in [-0.15, -0.1) is 0 Å². The summed E-state index contributed by atoms with van der Waals surface area (Å²) in [6, 6.07) is 3.68. The molecule has 1 N–H and O–H groups in total. The maximum Gasteiger partial charge on any atom is 0.166 e. The predicted octanol–water partition coefficient (Wildman–Crippen LogP) is 2.46. The number of carbonyl (C=O) groups excluding carboxylic acids is 1. The molecule has 0 saturated heterocycles. The molecule has 0 bridgehead atoms. The van der Waals surface area contributed by atoms with Gasteiger partial charge in [0.2, 0.25) is 0 Å². The summed E-state index contributed by atoms with van der Waals surface area (Å²) in [6.45, 7) is 0.684. The van der Waals surface area contributed by atoms with Gasteiger partial charge in [0.15, 0.2) is 5.78 Å². The van der Waals surface area contributed by atoms with Crippen LogP contribution < -0.4 is 10.1 Å². The molecule has 0 unspecified atom stereocenters. The van der Waals surface area contributed by atoms with Crippen LogP contribution in [0.25, 0.3) is 0 Å². The van der Waals surface area contributed by atoms with Crippen molar-refractivity contribution in [2.24, 2.45) is 0 Å². The molecule has 1 aromatic carbocycles. The Bertz CT molecular complexity index is 390. The lowest BCUT2D eigenvalue weighted by Crippen LogP contribution is -2.18. The van der Waals surface area contributed by atoms with Crippen molar-refractivity contribution >= 4 is 27.4 Å². The van der Waals surface area contributed by atoms with Crippen molar-refractivity contribution in [3.05, 3.63) is 22.2 Å². The van der Waals surface area contributed by atoms with Gasteiger partial charge in [-0.1, -0.05) is 15.9 Å². The molecule has 74 valence electrons. The smallest absolute Gasteiger partial charge is 0.166 e. The highest BCUT2D eigenvalue weighted by atomic mass is 79.9. The molecule has 1 aromatic rings. The van der Waals surface area contributed by atoms with E-state index in [1.54, 1.807) is 7.11 Å². The van der Waals surface area contributed by atoms with Crippen molar-refractivity contribution < 1.29 is 9.53 Å². The molecule has 0 radical (unpaired) electrons. The van der Waals surface area contributed by atoms with Gasteiger partial charge >= 0.3 is 0 Å². The number of anilines is 1. The van der Waals surface area contributed by atoms with E-state index >= 15 is 0 Å². The quantitative estimate of drug-likeness (QED) is 0.838. The number of halogens is 1. The maximum atomic E-state index is 11.6. The van der Waals surface area contributed by atoms with E-state index in [9.17, 15) is 4.79 Å². The lowest BCUT2D eigenvalue weighted by Gasteiger charge is -2.19. The van der Waals surface area contributed by atoms with E-state index in [1.165, 1.54) is 0 Å². The summed E-state index contributed by atoms with van der Waals surface area (Å²) in [6.07, 6.45) is 0.548. The molecule has 14 heavy (non-hydrogen) atoms. The Morgan fingerprint density at radius 1 is 1.50 bits per heavy atom. The first kappa shape index (κ1) is 9.52. The van der Waals surface area contributed by atoms with Crippen LogP contribution in [0.3, 0.4) is 0 Å². The summed E-state index contributed by atoms with van der Waals surface area (Å²) < 4.78 is 6.06. The minimum atomic E-state index is 0.165. The summed E-state index contributed by atoms with van der Waals surface area (Å²) in [4.78, 5) is 11.6. The first-order valence-electron chi connectivity index (χ1n) is 4.37. The zero-order valence-electron chi connectivity index (χ0n) is 7.76. The first-order chi connectivity index (χ1) is 6.72. The van der Waals surface area contributed by atoms with Crippen LogP contribution in [-0.2, 0) is 0 Å². The molecule has 0 aliphatic carbocycles. The van der Waals surface area contributed by atoms with Gasteiger partial charge in [-0.25, -0.2) is 0 Å². The molecule has 1 aliphatic rings. The normalized spacial score (nSPS) is 14.6. The van der Waals surface area contributed by atoms with Crippen LogP contribution >= 0.6 is 15.9 Å². The van der Waals surface area contributed by atoms with E-state index in [2.05, 4.69) is 21.2 Å². The molecule has 3 nitrogen and oxygen atoms in total. The van der Waals surface area contributed by atoms with Gasteiger partial charge in [-0.3, -0.25) is 4.79 Å². The molecule has 0 saturated carbocycles. The number of rotatable bonds is 1. The number of hydrogen-bond acceptors (Lipinski definition) is 3. The zero-order valence-corrected chi connectivity index (χ0v) is 9.35. The highest BCUT2D eigenvalue weighted by molar-refractivity contribution is 9.10. The number of Topliss-reactive ketones (excluding diaryl/α,β-unsaturated/α-hetero) is 1. The summed E-state index contributed by atoms with van der Waals surface area (Å²) in [5.74, 6) is 0.876. The third kappa shape index (κ3) is 1.50. The van der Waals surface area contributed by atoms with Crippen molar-refractivity contribution in [3.63, 3.8) is 0 Å². The average Bonchev–Trinajstić information content (AvgIpc) is 2.18. The maximum absolute atomic E-state index is 11.6. The topological polar surface area (TPSA) is 38.3 Å². The van der Waals surface area contributed by atoms with Gasteiger partial charge in [0, 0.05) is 23.0 Å². The average molecular weight is 256 g/mol. The van der Waals surface area contributed by atoms with E-state index in [4.69, 9.17) is 4.74 Å². The van der Waals surface area contributed by atoms with Crippen molar-refractivity contribution in [1.82, 2.24) is 0 Å². The van der Waals surface area contributed by atoms with Crippen molar-refractivity contribution in [2.75, 3.05) is 19.0 Å². The summed E-state index contributed by atoms with van der Waals surface area (Å²) >= 11 is 3.35. The Morgan fingerprint density at radius 3 is 3.00 bits per heavy atom. The second-order valence-electron chi connectivity index (χ2n) is 3.13. The minimum absolute atomic E-state index is 0.165. The Kier molecular flexibility index (Phi) is 2.46. The molecule has 0 spiro atoms. The zero-order chi connectivity index (χ0) is 10.1. The van der Waals surface area contributed by atoms with Crippen molar-refractivity contribution in [1.29, 1.82) is 0 Å². The molecule has 1 heterocycles. The molecule has 0 atom stereocenters. The lowest BCUT2D eigenvalue weighted by atomic mass is 10.0. The monoisotopic (exact) mass is 255 g/mol. The number of ether oxygens (including phenoxy) is 1. The van der Waals surface area contributed by atoms with E-state index in [0.29, 0.717) is 24.3 Å².